The molecule has 0 aliphatic rings. The number of rotatable bonds is 4. The molecule has 6 heteroatoms. The number of aliphatic hydroxyl groups excluding tert-OH is 1. The first kappa shape index (κ1) is 15.2. The number of hydrogen-bond donors (Lipinski definition) is 1. The highest BCUT2D eigenvalue weighted by Crippen LogP contribution is 2.17. The zero-order valence-electron chi connectivity index (χ0n) is 10.8. The molecule has 1 N–H and O–H groups in total. The predicted molar refractivity (Wildman–Crippen MR) is 71.9 cm³/mol. The molecular weight excluding hydrogens is 266 g/mol. The Morgan fingerprint density at radius 1 is 1.47 bits per heavy atom. The van der Waals surface area contributed by atoms with Gasteiger partial charge in [0.2, 0.25) is 0 Å². The predicted octanol–water partition coefficient (Wildman–Crippen LogP) is 0.727. The van der Waals surface area contributed by atoms with Gasteiger partial charge in [0.05, 0.1) is 23.5 Å². The number of likely N-dealkylation sites (N-methyl/N-ethyl adjacent to an activating group) is 1. The molecular formula is C13H15NO4S. The molecule has 1 aromatic rings. The van der Waals surface area contributed by atoms with E-state index in [1.54, 1.807) is 12.1 Å². The molecule has 0 saturated heterocycles. The highest BCUT2D eigenvalue weighted by Gasteiger charge is 2.16. The minimum absolute atomic E-state index is 0.0199. The molecule has 0 unspecified atom stereocenters. The van der Waals surface area contributed by atoms with Gasteiger partial charge in [-0.2, -0.15) is 0 Å². The van der Waals surface area contributed by atoms with Crippen LogP contribution >= 0.6 is 11.3 Å². The van der Waals surface area contributed by atoms with Gasteiger partial charge in [-0.05, 0) is 12.1 Å². The number of thiophene rings is 1. The average molecular weight is 281 g/mol. The average Bonchev–Trinajstić information content (AvgIpc) is 2.86. The summed E-state index contributed by atoms with van der Waals surface area (Å²) in [5, 5.41) is 8.61. The van der Waals surface area contributed by atoms with Gasteiger partial charge < -0.3 is 14.7 Å². The Morgan fingerprint density at radius 3 is 2.84 bits per heavy atom. The Labute approximate surface area is 115 Å². The van der Waals surface area contributed by atoms with Crippen molar-refractivity contribution in [1.29, 1.82) is 0 Å². The zero-order chi connectivity index (χ0) is 14.3. The van der Waals surface area contributed by atoms with Crippen molar-refractivity contribution in [3.8, 4) is 11.8 Å². The van der Waals surface area contributed by atoms with Gasteiger partial charge >= 0.3 is 5.97 Å². The van der Waals surface area contributed by atoms with E-state index < -0.39 is 5.97 Å². The van der Waals surface area contributed by atoms with Crippen molar-refractivity contribution < 1.29 is 19.4 Å². The van der Waals surface area contributed by atoms with Gasteiger partial charge in [0.25, 0.3) is 5.91 Å². The third-order valence-corrected chi connectivity index (χ3v) is 3.19. The number of amides is 1. The topological polar surface area (TPSA) is 66.8 Å². The van der Waals surface area contributed by atoms with E-state index in [0.717, 1.165) is 4.88 Å². The van der Waals surface area contributed by atoms with Gasteiger partial charge in [0.15, 0.2) is 0 Å². The summed E-state index contributed by atoms with van der Waals surface area (Å²) >= 11 is 1.26. The molecule has 0 aromatic carbocycles. The second kappa shape index (κ2) is 7.56. The lowest BCUT2D eigenvalue weighted by Crippen LogP contribution is -2.32. The van der Waals surface area contributed by atoms with Crippen LogP contribution in [0.3, 0.4) is 0 Å². The van der Waals surface area contributed by atoms with Crippen LogP contribution in [0.4, 0.5) is 0 Å². The van der Waals surface area contributed by atoms with Gasteiger partial charge in [-0.15, -0.1) is 11.3 Å². The number of carbonyl (C=O) groups is 2. The van der Waals surface area contributed by atoms with Crippen LogP contribution in [0.5, 0.6) is 0 Å². The highest BCUT2D eigenvalue weighted by molar-refractivity contribution is 7.14. The minimum Gasteiger partial charge on any atom is -0.468 e. The Kier molecular flexibility index (Phi) is 6.06. The lowest BCUT2D eigenvalue weighted by atomic mass is 10.3. The van der Waals surface area contributed by atoms with Crippen molar-refractivity contribution in [3.05, 3.63) is 21.9 Å². The van der Waals surface area contributed by atoms with E-state index in [4.69, 9.17) is 5.11 Å². The maximum Gasteiger partial charge on any atom is 0.325 e. The molecule has 19 heavy (non-hydrogen) atoms. The fourth-order valence-electron chi connectivity index (χ4n) is 1.24. The lowest BCUT2D eigenvalue weighted by Gasteiger charge is -2.13. The Hall–Kier alpha value is -1.84. The van der Waals surface area contributed by atoms with Crippen LogP contribution in [0, 0.1) is 11.8 Å². The van der Waals surface area contributed by atoms with Crippen molar-refractivity contribution in [2.75, 3.05) is 27.3 Å². The van der Waals surface area contributed by atoms with Crippen LogP contribution in [0.1, 0.15) is 21.0 Å². The van der Waals surface area contributed by atoms with Gasteiger partial charge in [-0.25, -0.2) is 0 Å². The van der Waals surface area contributed by atoms with Crippen molar-refractivity contribution in [2.24, 2.45) is 0 Å². The number of ether oxygens (including phenoxy) is 1. The SMILES string of the molecule is COC(=O)CN(C)C(=O)c1ccc(C#CCCO)s1. The largest absolute Gasteiger partial charge is 0.468 e. The summed E-state index contributed by atoms with van der Waals surface area (Å²) in [6.07, 6.45) is 0.406. The van der Waals surface area contributed by atoms with Crippen molar-refractivity contribution in [3.63, 3.8) is 0 Å². The van der Waals surface area contributed by atoms with E-state index in [2.05, 4.69) is 16.6 Å². The molecule has 1 rings (SSSR count). The molecule has 0 fully saturated rings. The monoisotopic (exact) mass is 281 g/mol. The minimum atomic E-state index is -0.463. The van der Waals surface area contributed by atoms with Gasteiger partial charge in [0, 0.05) is 13.5 Å². The summed E-state index contributed by atoms with van der Waals surface area (Å²) in [6.45, 7) is -0.0647. The summed E-state index contributed by atoms with van der Waals surface area (Å²) in [5.74, 6) is 4.94. The molecule has 1 aromatic heterocycles. The number of carbonyl (C=O) groups excluding carboxylic acids is 2. The third-order valence-electron chi connectivity index (χ3n) is 2.21. The van der Waals surface area contributed by atoms with Crippen molar-refractivity contribution >= 4 is 23.2 Å². The molecule has 0 aliphatic carbocycles. The number of aliphatic hydroxyl groups is 1. The quantitative estimate of drug-likeness (QED) is 0.652. The summed E-state index contributed by atoms with van der Waals surface area (Å²) in [5.41, 5.74) is 0. The molecule has 0 aliphatic heterocycles. The van der Waals surface area contributed by atoms with Crippen LogP contribution in [0.2, 0.25) is 0 Å². The first-order valence-corrected chi connectivity index (χ1v) is 6.42. The Balaban J connectivity index is 2.68. The van der Waals surface area contributed by atoms with Crippen LogP contribution in [-0.4, -0.2) is 49.2 Å². The van der Waals surface area contributed by atoms with Gasteiger partial charge in [-0.3, -0.25) is 9.59 Å². The number of methoxy groups -OCH3 is 1. The molecule has 0 spiro atoms. The van der Waals surface area contributed by atoms with Gasteiger partial charge in [-0.1, -0.05) is 11.8 Å². The zero-order valence-corrected chi connectivity index (χ0v) is 11.6. The summed E-state index contributed by atoms with van der Waals surface area (Å²) < 4.78 is 4.50. The van der Waals surface area contributed by atoms with Crippen LogP contribution in [0.15, 0.2) is 12.1 Å². The van der Waals surface area contributed by atoms with E-state index in [1.807, 2.05) is 0 Å². The van der Waals surface area contributed by atoms with Crippen LogP contribution in [-0.2, 0) is 9.53 Å². The Bertz CT molecular complexity index is 512. The van der Waals surface area contributed by atoms with E-state index in [1.165, 1.54) is 30.4 Å². The van der Waals surface area contributed by atoms with Crippen LogP contribution in [0.25, 0.3) is 0 Å². The number of hydrogen-bond acceptors (Lipinski definition) is 5. The van der Waals surface area contributed by atoms with Crippen molar-refractivity contribution in [2.45, 2.75) is 6.42 Å². The molecule has 5 nitrogen and oxygen atoms in total. The molecule has 0 atom stereocenters. The maximum atomic E-state index is 12.0. The van der Waals surface area contributed by atoms with E-state index in [0.29, 0.717) is 11.3 Å². The lowest BCUT2D eigenvalue weighted by molar-refractivity contribution is -0.141. The molecule has 1 amide bonds. The highest BCUT2D eigenvalue weighted by atomic mass is 32.1. The summed E-state index contributed by atoms with van der Waals surface area (Å²) in [7, 11) is 2.82. The number of nitrogens with zero attached hydrogens (tertiary/aromatic N) is 1. The third kappa shape index (κ3) is 4.73. The molecule has 1 heterocycles. The maximum absolute atomic E-state index is 12.0. The Morgan fingerprint density at radius 2 is 2.21 bits per heavy atom. The normalized spacial score (nSPS) is 9.42. The second-order valence-electron chi connectivity index (χ2n) is 3.68. The standard InChI is InChI=1S/C13H15NO4S/c1-14(9-12(16)18-2)13(17)11-7-6-10(19-11)5-3-4-8-15/h6-7,15H,4,8-9H2,1-2H3. The molecule has 0 saturated carbocycles. The molecule has 0 bridgehead atoms. The second-order valence-corrected chi connectivity index (χ2v) is 4.76. The van der Waals surface area contributed by atoms with E-state index >= 15 is 0 Å². The fourth-order valence-corrected chi connectivity index (χ4v) is 2.12. The van der Waals surface area contributed by atoms with E-state index in [-0.39, 0.29) is 19.1 Å². The number of esters is 1. The molecule has 0 radical (unpaired) electrons. The summed E-state index contributed by atoms with van der Waals surface area (Å²) in [4.78, 5) is 25.6. The summed E-state index contributed by atoms with van der Waals surface area (Å²) in [6, 6.07) is 3.41. The smallest absolute Gasteiger partial charge is 0.325 e. The van der Waals surface area contributed by atoms with Crippen molar-refractivity contribution in [1.82, 2.24) is 4.90 Å². The van der Waals surface area contributed by atoms with E-state index in [9.17, 15) is 9.59 Å². The first-order valence-electron chi connectivity index (χ1n) is 5.60. The van der Waals surface area contributed by atoms with Crippen LogP contribution < -0.4 is 0 Å². The van der Waals surface area contributed by atoms with Gasteiger partial charge in [0.1, 0.15) is 6.54 Å². The first-order chi connectivity index (χ1) is 9.08. The molecule has 102 valence electrons. The fraction of sp³-hybridized carbons (Fsp3) is 0.385.